The predicted molar refractivity (Wildman–Crippen MR) is 108 cm³/mol. The van der Waals surface area contributed by atoms with E-state index in [1.807, 2.05) is 24.3 Å². The van der Waals surface area contributed by atoms with Crippen LogP contribution in [0, 0.1) is 0 Å². The van der Waals surface area contributed by atoms with Crippen LogP contribution >= 0.6 is 0 Å². The third-order valence-corrected chi connectivity index (χ3v) is 5.02. The lowest BCUT2D eigenvalue weighted by atomic mass is 10.1. The molecule has 148 valence electrons. The number of likely N-dealkylation sites (N-methyl/N-ethyl adjacent to an activating group) is 1. The van der Waals surface area contributed by atoms with Crippen molar-refractivity contribution in [3.63, 3.8) is 0 Å². The molecule has 0 unspecified atom stereocenters. The molecule has 0 aliphatic carbocycles. The largest absolute Gasteiger partial charge is 0.497 e. The lowest BCUT2D eigenvalue weighted by Crippen LogP contribution is -3.09. The summed E-state index contributed by atoms with van der Waals surface area (Å²) in [6, 6.07) is 15.7. The maximum Gasteiger partial charge on any atom is 0.336 e. The van der Waals surface area contributed by atoms with E-state index >= 15 is 0 Å². The topological polar surface area (TPSA) is 69.7 Å². The van der Waals surface area contributed by atoms with Gasteiger partial charge in [-0.3, -0.25) is 0 Å². The van der Waals surface area contributed by atoms with Crippen molar-refractivity contribution >= 4 is 11.0 Å². The van der Waals surface area contributed by atoms with Crippen LogP contribution < -0.4 is 25.3 Å². The highest BCUT2D eigenvalue weighted by atomic mass is 16.5. The summed E-state index contributed by atoms with van der Waals surface area (Å²) in [6.45, 7) is 1.60. The number of quaternary nitrogens is 2. The van der Waals surface area contributed by atoms with E-state index in [1.165, 1.54) is 10.5 Å². The molecule has 0 saturated heterocycles. The first-order valence-corrected chi connectivity index (χ1v) is 9.38. The van der Waals surface area contributed by atoms with Crippen molar-refractivity contribution in [2.75, 3.05) is 34.9 Å². The van der Waals surface area contributed by atoms with Gasteiger partial charge < -0.3 is 24.1 Å². The fourth-order valence-electron chi connectivity index (χ4n) is 3.45. The lowest BCUT2D eigenvalue weighted by Gasteiger charge is -2.20. The Labute approximate surface area is 164 Å². The van der Waals surface area contributed by atoms with Crippen LogP contribution in [0.15, 0.2) is 57.7 Å². The molecule has 3 rings (SSSR count). The lowest BCUT2D eigenvalue weighted by molar-refractivity contribution is -0.910. The average Bonchev–Trinajstić information content (AvgIpc) is 2.70. The van der Waals surface area contributed by atoms with Crippen LogP contribution in [0.5, 0.6) is 11.5 Å². The zero-order valence-electron chi connectivity index (χ0n) is 16.8. The van der Waals surface area contributed by atoms with E-state index in [0.29, 0.717) is 23.9 Å². The van der Waals surface area contributed by atoms with Gasteiger partial charge in [-0.2, -0.15) is 0 Å². The summed E-state index contributed by atoms with van der Waals surface area (Å²) in [4.78, 5) is 13.3. The SMILES string of the molecule is COc1ccc([C@H](C[NH2+]Cc2cc(=O)oc3cc(OC)ccc23)[NH+](C)C)cc1. The first-order chi connectivity index (χ1) is 13.5. The Morgan fingerprint density at radius 1 is 1.00 bits per heavy atom. The van der Waals surface area contributed by atoms with Crippen molar-refractivity contribution in [2.24, 2.45) is 0 Å². The van der Waals surface area contributed by atoms with Gasteiger partial charge in [0.1, 0.15) is 30.2 Å². The van der Waals surface area contributed by atoms with E-state index in [1.54, 1.807) is 26.4 Å². The fraction of sp³-hybridized carbons (Fsp3) is 0.318. The van der Waals surface area contributed by atoms with Gasteiger partial charge in [0.25, 0.3) is 0 Å². The van der Waals surface area contributed by atoms with Gasteiger partial charge in [-0.1, -0.05) is 0 Å². The third-order valence-electron chi connectivity index (χ3n) is 5.02. The molecule has 0 aliphatic rings. The first kappa shape index (κ1) is 19.9. The Hall–Kier alpha value is -2.83. The van der Waals surface area contributed by atoms with E-state index in [-0.39, 0.29) is 5.63 Å². The van der Waals surface area contributed by atoms with Gasteiger partial charge >= 0.3 is 5.63 Å². The molecular formula is C22H28N2O4+2. The second-order valence-electron chi connectivity index (χ2n) is 7.08. The van der Waals surface area contributed by atoms with Crippen molar-refractivity contribution in [3.8, 4) is 11.5 Å². The van der Waals surface area contributed by atoms with Gasteiger partial charge in [0.05, 0.1) is 28.3 Å². The normalized spacial score (nSPS) is 12.3. The Morgan fingerprint density at radius 3 is 2.32 bits per heavy atom. The second kappa shape index (κ2) is 8.91. The number of rotatable bonds is 8. The zero-order valence-corrected chi connectivity index (χ0v) is 16.8. The van der Waals surface area contributed by atoms with E-state index < -0.39 is 0 Å². The number of benzene rings is 2. The number of fused-ring (bicyclic) bond motifs is 1. The van der Waals surface area contributed by atoms with E-state index in [4.69, 9.17) is 13.9 Å². The second-order valence-corrected chi connectivity index (χ2v) is 7.08. The molecule has 0 fully saturated rings. The Balaban J connectivity index is 1.76. The molecule has 1 atom stereocenters. The molecule has 0 spiro atoms. The van der Waals surface area contributed by atoms with Gasteiger partial charge in [0.2, 0.25) is 0 Å². The number of hydrogen-bond acceptors (Lipinski definition) is 4. The molecule has 3 aromatic rings. The maximum atomic E-state index is 12.0. The Bertz CT molecular complexity index is 980. The highest BCUT2D eigenvalue weighted by Gasteiger charge is 2.20. The van der Waals surface area contributed by atoms with Gasteiger partial charge in [0, 0.05) is 28.6 Å². The molecule has 0 saturated carbocycles. The Kier molecular flexibility index (Phi) is 6.34. The van der Waals surface area contributed by atoms with Crippen molar-refractivity contribution in [1.29, 1.82) is 0 Å². The molecule has 2 aromatic carbocycles. The van der Waals surface area contributed by atoms with E-state index in [0.717, 1.165) is 23.2 Å². The number of nitrogens with one attached hydrogen (secondary N) is 1. The summed E-state index contributed by atoms with van der Waals surface area (Å²) in [5.74, 6) is 1.53. The summed E-state index contributed by atoms with van der Waals surface area (Å²) < 4.78 is 15.8. The number of nitrogens with two attached hydrogens (primary N) is 1. The van der Waals surface area contributed by atoms with Crippen LogP contribution in [0.1, 0.15) is 17.2 Å². The molecule has 3 N–H and O–H groups in total. The Morgan fingerprint density at radius 2 is 1.68 bits per heavy atom. The number of ether oxygens (including phenoxy) is 2. The maximum absolute atomic E-state index is 12.0. The van der Waals surface area contributed by atoms with Crippen LogP contribution in [-0.4, -0.2) is 34.9 Å². The van der Waals surface area contributed by atoms with Gasteiger partial charge in [0.15, 0.2) is 6.04 Å². The minimum Gasteiger partial charge on any atom is -0.497 e. The van der Waals surface area contributed by atoms with Crippen LogP contribution in [0.4, 0.5) is 0 Å². The average molecular weight is 384 g/mol. The van der Waals surface area contributed by atoms with Gasteiger partial charge in [-0.15, -0.1) is 0 Å². The zero-order chi connectivity index (χ0) is 20.1. The van der Waals surface area contributed by atoms with Crippen molar-refractivity contribution in [2.45, 2.75) is 12.6 Å². The van der Waals surface area contributed by atoms with Gasteiger partial charge in [-0.25, -0.2) is 4.79 Å². The highest BCUT2D eigenvalue weighted by Crippen LogP contribution is 2.22. The molecule has 1 heterocycles. The third kappa shape index (κ3) is 4.52. The van der Waals surface area contributed by atoms with Gasteiger partial charge in [-0.05, 0) is 36.4 Å². The summed E-state index contributed by atoms with van der Waals surface area (Å²) in [7, 11) is 7.58. The fourth-order valence-corrected chi connectivity index (χ4v) is 3.45. The standard InChI is InChI=1S/C22H26N2O4/c1-24(2)20(15-5-7-17(26-3)8-6-15)14-23-13-16-11-22(25)28-21-12-18(27-4)9-10-19(16)21/h5-12,20,23H,13-14H2,1-4H3/p+2/t20-/m0/s1. The minimum absolute atomic E-state index is 0.331. The summed E-state index contributed by atoms with van der Waals surface area (Å²) in [6.07, 6.45) is 0. The summed E-state index contributed by atoms with van der Waals surface area (Å²) >= 11 is 0. The predicted octanol–water partition coefficient (Wildman–Crippen LogP) is 0.759. The van der Waals surface area contributed by atoms with E-state index in [2.05, 4.69) is 31.5 Å². The quantitative estimate of drug-likeness (QED) is 0.563. The molecule has 6 heteroatoms. The molecule has 6 nitrogen and oxygen atoms in total. The van der Waals surface area contributed by atoms with Crippen LogP contribution in [0.3, 0.4) is 0 Å². The van der Waals surface area contributed by atoms with Crippen molar-refractivity contribution in [3.05, 3.63) is 70.1 Å². The van der Waals surface area contributed by atoms with Crippen LogP contribution in [0.25, 0.3) is 11.0 Å². The minimum atomic E-state index is -0.339. The summed E-state index contributed by atoms with van der Waals surface area (Å²) in [5, 5.41) is 3.18. The molecule has 0 radical (unpaired) electrons. The van der Waals surface area contributed by atoms with Crippen molar-refractivity contribution in [1.82, 2.24) is 0 Å². The van der Waals surface area contributed by atoms with Crippen LogP contribution in [-0.2, 0) is 6.54 Å². The molecule has 1 aromatic heterocycles. The molecule has 0 amide bonds. The molecule has 0 bridgehead atoms. The molecular weight excluding hydrogens is 356 g/mol. The molecule has 28 heavy (non-hydrogen) atoms. The molecule has 0 aliphatic heterocycles. The van der Waals surface area contributed by atoms with Crippen LogP contribution in [0.2, 0.25) is 0 Å². The number of hydrogen-bond donors (Lipinski definition) is 2. The number of methoxy groups -OCH3 is 2. The summed E-state index contributed by atoms with van der Waals surface area (Å²) in [5.41, 5.74) is 2.45. The van der Waals surface area contributed by atoms with E-state index in [9.17, 15) is 4.79 Å². The smallest absolute Gasteiger partial charge is 0.336 e. The highest BCUT2D eigenvalue weighted by molar-refractivity contribution is 5.81. The first-order valence-electron chi connectivity index (χ1n) is 9.38. The van der Waals surface area contributed by atoms with Crippen molar-refractivity contribution < 1.29 is 24.1 Å². The monoisotopic (exact) mass is 384 g/mol.